The van der Waals surface area contributed by atoms with E-state index in [1.54, 1.807) is 24.3 Å². The second-order valence-corrected chi connectivity index (χ2v) is 6.73. The highest BCUT2D eigenvalue weighted by molar-refractivity contribution is 5.91. The number of urea groups is 1. The molecular weight excluding hydrogens is 346 g/mol. The van der Waals surface area contributed by atoms with Gasteiger partial charge >= 0.3 is 12.0 Å². The fourth-order valence-electron chi connectivity index (χ4n) is 3.28. The fourth-order valence-corrected chi connectivity index (χ4v) is 3.28. The van der Waals surface area contributed by atoms with E-state index >= 15 is 0 Å². The topological polar surface area (TPSA) is 102 Å². The van der Waals surface area contributed by atoms with Crippen molar-refractivity contribution >= 4 is 17.7 Å². The van der Waals surface area contributed by atoms with E-state index in [9.17, 15) is 14.7 Å². The summed E-state index contributed by atoms with van der Waals surface area (Å²) in [6.45, 7) is 2.41. The summed E-state index contributed by atoms with van der Waals surface area (Å²) in [4.78, 5) is 25.3. The maximum Gasteiger partial charge on any atom is 0.335 e. The van der Waals surface area contributed by atoms with Crippen LogP contribution in [0.4, 0.5) is 10.5 Å². The summed E-state index contributed by atoms with van der Waals surface area (Å²) in [5, 5.41) is 24.2. The van der Waals surface area contributed by atoms with Crippen molar-refractivity contribution in [2.24, 2.45) is 0 Å². The van der Waals surface area contributed by atoms with Crippen molar-refractivity contribution in [3.8, 4) is 5.75 Å². The average Bonchev–Trinajstić information content (AvgIpc) is 2.62. The molecule has 1 fully saturated rings. The molecule has 1 aliphatic rings. The molecule has 1 unspecified atom stereocenters. The van der Waals surface area contributed by atoms with Gasteiger partial charge in [-0.2, -0.15) is 0 Å². The number of carbonyl (C=O) groups is 2. The van der Waals surface area contributed by atoms with Crippen molar-refractivity contribution in [1.82, 2.24) is 10.2 Å². The first kappa shape index (κ1) is 18.7. The molecule has 2 amide bonds. The first-order valence-electron chi connectivity index (χ1n) is 8.91. The molecule has 1 saturated heterocycles. The van der Waals surface area contributed by atoms with Crippen molar-refractivity contribution in [3.63, 3.8) is 0 Å². The lowest BCUT2D eigenvalue weighted by atomic mass is 10.0. The van der Waals surface area contributed by atoms with E-state index in [0.29, 0.717) is 5.69 Å². The minimum Gasteiger partial charge on any atom is -0.508 e. The zero-order valence-electron chi connectivity index (χ0n) is 14.9. The number of piperidine rings is 1. The lowest BCUT2D eigenvalue weighted by molar-refractivity contribution is 0.0697. The van der Waals surface area contributed by atoms with Crippen LogP contribution in [0, 0.1) is 0 Å². The van der Waals surface area contributed by atoms with Crippen LogP contribution in [0.2, 0.25) is 0 Å². The molecular formula is C20H23N3O4. The van der Waals surface area contributed by atoms with Crippen LogP contribution in [0.1, 0.15) is 28.8 Å². The maximum absolute atomic E-state index is 12.2. The number of rotatable bonds is 5. The molecule has 0 bridgehead atoms. The zero-order chi connectivity index (χ0) is 19.2. The summed E-state index contributed by atoms with van der Waals surface area (Å²) in [7, 11) is 0. The summed E-state index contributed by atoms with van der Waals surface area (Å²) in [5.41, 5.74) is 1.76. The summed E-state index contributed by atoms with van der Waals surface area (Å²) in [5.74, 6) is -0.743. The van der Waals surface area contributed by atoms with E-state index in [4.69, 9.17) is 5.11 Å². The highest BCUT2D eigenvalue weighted by Crippen LogP contribution is 2.17. The third kappa shape index (κ3) is 5.46. The van der Waals surface area contributed by atoms with E-state index in [2.05, 4.69) is 15.5 Å². The molecule has 1 atom stereocenters. The number of carboxylic acids is 1. The Hall–Kier alpha value is -3.06. The molecule has 0 spiro atoms. The van der Waals surface area contributed by atoms with Gasteiger partial charge < -0.3 is 20.8 Å². The van der Waals surface area contributed by atoms with Crippen molar-refractivity contribution in [2.75, 3.05) is 18.4 Å². The fraction of sp³-hybridized carbons (Fsp3) is 0.300. The summed E-state index contributed by atoms with van der Waals surface area (Å²) >= 11 is 0. The standard InChI is InChI=1S/C20H23N3O4/c24-18-5-1-3-14(11-18)12-23-10-2-4-17(13-23)22-20(27)21-16-8-6-15(7-9-16)19(25)26/h1,3,5-9,11,17,24H,2,4,10,12-13H2,(H,25,26)(H2,21,22,27). The SMILES string of the molecule is O=C(Nc1ccc(C(=O)O)cc1)NC1CCCN(Cc2cccc(O)c2)C1. The Morgan fingerprint density at radius 2 is 1.93 bits per heavy atom. The molecule has 0 aliphatic carbocycles. The number of phenols is 1. The van der Waals surface area contributed by atoms with Crippen molar-refractivity contribution in [2.45, 2.75) is 25.4 Å². The molecule has 0 aromatic heterocycles. The van der Waals surface area contributed by atoms with Gasteiger partial charge in [0.25, 0.3) is 0 Å². The lowest BCUT2D eigenvalue weighted by Crippen LogP contribution is -2.48. The Bertz CT molecular complexity index is 807. The van der Waals surface area contributed by atoms with E-state index in [1.807, 2.05) is 12.1 Å². The molecule has 4 N–H and O–H groups in total. The Morgan fingerprint density at radius 3 is 2.63 bits per heavy atom. The number of likely N-dealkylation sites (tertiary alicyclic amines) is 1. The molecule has 142 valence electrons. The number of aromatic carboxylic acids is 1. The number of phenolic OH excluding ortho intramolecular Hbond substituents is 1. The number of benzene rings is 2. The van der Waals surface area contributed by atoms with Gasteiger partial charge in [0, 0.05) is 24.8 Å². The Labute approximate surface area is 157 Å². The second-order valence-electron chi connectivity index (χ2n) is 6.73. The molecule has 0 radical (unpaired) electrons. The van der Waals surface area contributed by atoms with Crippen LogP contribution in [0.15, 0.2) is 48.5 Å². The number of carbonyl (C=O) groups excluding carboxylic acids is 1. The quantitative estimate of drug-likeness (QED) is 0.649. The van der Waals surface area contributed by atoms with Crippen molar-refractivity contribution in [1.29, 1.82) is 0 Å². The van der Waals surface area contributed by atoms with Crippen LogP contribution in [0.5, 0.6) is 5.75 Å². The molecule has 3 rings (SSSR count). The predicted molar refractivity (Wildman–Crippen MR) is 102 cm³/mol. The van der Waals surface area contributed by atoms with Crippen LogP contribution >= 0.6 is 0 Å². The number of carboxylic acid groups (broad SMARTS) is 1. The highest BCUT2D eigenvalue weighted by Gasteiger charge is 2.21. The minimum atomic E-state index is -1.000. The summed E-state index contributed by atoms with van der Waals surface area (Å²) in [6.07, 6.45) is 1.89. The molecule has 7 nitrogen and oxygen atoms in total. The molecule has 2 aromatic rings. The summed E-state index contributed by atoms with van der Waals surface area (Å²) < 4.78 is 0. The third-order valence-electron chi connectivity index (χ3n) is 4.55. The van der Waals surface area contributed by atoms with E-state index in [1.165, 1.54) is 12.1 Å². The summed E-state index contributed by atoms with van der Waals surface area (Å²) in [6, 6.07) is 13.0. The molecule has 7 heteroatoms. The van der Waals surface area contributed by atoms with Crippen molar-refractivity contribution in [3.05, 3.63) is 59.7 Å². The van der Waals surface area contributed by atoms with Gasteiger partial charge in [-0.15, -0.1) is 0 Å². The zero-order valence-corrected chi connectivity index (χ0v) is 14.9. The largest absolute Gasteiger partial charge is 0.508 e. The van der Waals surface area contributed by atoms with Crippen LogP contribution in [-0.4, -0.2) is 46.2 Å². The smallest absolute Gasteiger partial charge is 0.335 e. The van der Waals surface area contributed by atoms with Gasteiger partial charge in [0.05, 0.1) is 5.56 Å². The molecule has 0 saturated carbocycles. The maximum atomic E-state index is 12.2. The van der Waals surface area contributed by atoms with Gasteiger partial charge in [-0.05, 0) is 61.3 Å². The Balaban J connectivity index is 1.50. The van der Waals surface area contributed by atoms with Crippen LogP contribution in [0.25, 0.3) is 0 Å². The number of nitrogens with one attached hydrogen (secondary N) is 2. The van der Waals surface area contributed by atoms with Gasteiger partial charge in [-0.3, -0.25) is 4.90 Å². The number of aromatic hydroxyl groups is 1. The van der Waals surface area contributed by atoms with E-state index in [0.717, 1.165) is 38.0 Å². The first-order chi connectivity index (χ1) is 13.0. The van der Waals surface area contributed by atoms with Crippen LogP contribution < -0.4 is 10.6 Å². The third-order valence-corrected chi connectivity index (χ3v) is 4.55. The predicted octanol–water partition coefficient (Wildman–Crippen LogP) is 2.88. The molecule has 1 heterocycles. The number of anilines is 1. The first-order valence-corrected chi connectivity index (χ1v) is 8.91. The molecule has 27 heavy (non-hydrogen) atoms. The van der Waals surface area contributed by atoms with Crippen molar-refractivity contribution < 1.29 is 19.8 Å². The van der Waals surface area contributed by atoms with Gasteiger partial charge in [-0.25, -0.2) is 9.59 Å². The Morgan fingerprint density at radius 1 is 1.15 bits per heavy atom. The lowest BCUT2D eigenvalue weighted by Gasteiger charge is -2.33. The van der Waals surface area contributed by atoms with E-state index in [-0.39, 0.29) is 23.4 Å². The van der Waals surface area contributed by atoms with Gasteiger partial charge in [0.15, 0.2) is 0 Å². The van der Waals surface area contributed by atoms with Gasteiger partial charge in [0.1, 0.15) is 5.75 Å². The Kier molecular flexibility index (Phi) is 5.93. The monoisotopic (exact) mass is 369 g/mol. The van der Waals surface area contributed by atoms with Crippen LogP contribution in [-0.2, 0) is 6.54 Å². The van der Waals surface area contributed by atoms with Gasteiger partial charge in [-0.1, -0.05) is 12.1 Å². The van der Waals surface area contributed by atoms with Crippen LogP contribution in [0.3, 0.4) is 0 Å². The minimum absolute atomic E-state index is 0.0364. The number of nitrogens with zero attached hydrogens (tertiary/aromatic N) is 1. The number of amides is 2. The second kappa shape index (κ2) is 8.55. The normalized spacial score (nSPS) is 17.3. The molecule has 1 aliphatic heterocycles. The highest BCUT2D eigenvalue weighted by atomic mass is 16.4. The number of hydrogen-bond acceptors (Lipinski definition) is 4. The van der Waals surface area contributed by atoms with Gasteiger partial charge in [0.2, 0.25) is 0 Å². The number of hydrogen-bond donors (Lipinski definition) is 4. The van der Waals surface area contributed by atoms with E-state index < -0.39 is 5.97 Å². The average molecular weight is 369 g/mol. The molecule has 2 aromatic carbocycles.